The third-order valence-corrected chi connectivity index (χ3v) is 4.82. The molecule has 0 bridgehead atoms. The molecule has 0 saturated heterocycles. The first-order valence-corrected chi connectivity index (χ1v) is 9.13. The van der Waals surface area contributed by atoms with Gasteiger partial charge in [0.05, 0.1) is 11.8 Å². The topological polar surface area (TPSA) is 100 Å². The van der Waals surface area contributed by atoms with E-state index in [0.717, 1.165) is 11.1 Å². The summed E-state index contributed by atoms with van der Waals surface area (Å²) in [5, 5.41) is 13.6. The van der Waals surface area contributed by atoms with Gasteiger partial charge in [-0.15, -0.1) is 0 Å². The molecule has 7 nitrogen and oxygen atoms in total. The fraction of sp³-hybridized carbons (Fsp3) is 0.190. The van der Waals surface area contributed by atoms with E-state index in [-0.39, 0.29) is 17.6 Å². The van der Waals surface area contributed by atoms with Crippen molar-refractivity contribution in [1.29, 1.82) is 0 Å². The molecule has 28 heavy (non-hydrogen) atoms. The normalized spacial score (nSPS) is 13.1. The number of nitrogens with zero attached hydrogens (tertiary/aromatic N) is 4. The Bertz CT molecular complexity index is 902. The minimum Gasteiger partial charge on any atom is -0.298 e. The highest BCUT2D eigenvalue weighted by Crippen LogP contribution is 2.30. The molecule has 0 radical (unpaired) electrons. The lowest BCUT2D eigenvalue weighted by molar-refractivity contribution is -0.122. The van der Waals surface area contributed by atoms with Gasteiger partial charge in [-0.05, 0) is 11.1 Å². The Morgan fingerprint density at radius 3 is 1.50 bits per heavy atom. The van der Waals surface area contributed by atoms with Gasteiger partial charge < -0.3 is 0 Å². The largest absolute Gasteiger partial charge is 0.298 e. The summed E-state index contributed by atoms with van der Waals surface area (Å²) in [5.41, 5.74) is 1.92. The lowest BCUT2D eigenvalue weighted by Gasteiger charge is -2.22. The number of ketones is 1. The number of hydrogen-bond acceptors (Lipinski definition) is 5. The van der Waals surface area contributed by atoms with Crippen molar-refractivity contribution in [3.05, 3.63) is 96.1 Å². The summed E-state index contributed by atoms with van der Waals surface area (Å²) in [6.07, 6.45) is 3.85. The van der Waals surface area contributed by atoms with Gasteiger partial charge in [-0.2, -0.15) is 10.2 Å². The molecule has 2 atom stereocenters. The molecule has 2 aromatic carbocycles. The molecule has 7 heteroatoms. The molecule has 2 heterocycles. The molecule has 2 aromatic heterocycles. The molecule has 2 N–H and O–H groups in total. The van der Waals surface area contributed by atoms with Crippen LogP contribution in [0.5, 0.6) is 0 Å². The first-order valence-electron chi connectivity index (χ1n) is 9.13. The Kier molecular flexibility index (Phi) is 5.33. The number of Topliss-reactive ketones (excluding diaryl/α,β-unsaturated/α-hetero) is 1. The van der Waals surface area contributed by atoms with Gasteiger partial charge in [-0.1, -0.05) is 60.7 Å². The van der Waals surface area contributed by atoms with E-state index >= 15 is 0 Å². The summed E-state index contributed by atoms with van der Waals surface area (Å²) in [6, 6.07) is 19.6. The van der Waals surface area contributed by atoms with Crippen LogP contribution in [0.4, 0.5) is 0 Å². The average Bonchev–Trinajstić information content (AvgIpc) is 3.45. The smallest absolute Gasteiger partial charge is 0.148 e. The van der Waals surface area contributed by atoms with E-state index in [9.17, 15) is 4.79 Å². The van der Waals surface area contributed by atoms with Gasteiger partial charge in [0.1, 0.15) is 30.1 Å². The van der Waals surface area contributed by atoms with Crippen LogP contribution in [0, 0.1) is 0 Å². The van der Waals surface area contributed by atoms with E-state index in [0.29, 0.717) is 24.5 Å². The monoisotopic (exact) mass is 372 g/mol. The number of aromatic nitrogens is 6. The lowest BCUT2D eigenvalue weighted by atomic mass is 9.80. The van der Waals surface area contributed by atoms with Crippen molar-refractivity contribution in [2.24, 2.45) is 0 Å². The number of carbonyl (C=O) groups is 1. The number of rotatable bonds is 8. The van der Waals surface area contributed by atoms with Crippen LogP contribution in [0.3, 0.4) is 0 Å². The Morgan fingerprint density at radius 1 is 0.714 bits per heavy atom. The molecule has 0 fully saturated rings. The summed E-state index contributed by atoms with van der Waals surface area (Å²) < 4.78 is 0. The van der Waals surface area contributed by atoms with Crippen molar-refractivity contribution in [3.8, 4) is 0 Å². The zero-order chi connectivity index (χ0) is 19.2. The van der Waals surface area contributed by atoms with Gasteiger partial charge in [0, 0.05) is 12.8 Å². The quantitative estimate of drug-likeness (QED) is 0.495. The number of H-pyrrole nitrogens is 2. The molecule has 0 spiro atoms. The van der Waals surface area contributed by atoms with E-state index in [4.69, 9.17) is 0 Å². The van der Waals surface area contributed by atoms with Crippen LogP contribution < -0.4 is 0 Å². The second-order valence-corrected chi connectivity index (χ2v) is 6.60. The van der Waals surface area contributed by atoms with Crippen molar-refractivity contribution in [1.82, 2.24) is 30.4 Å². The molecular weight excluding hydrogens is 352 g/mol. The molecule has 0 aliphatic heterocycles. The van der Waals surface area contributed by atoms with Gasteiger partial charge in [-0.3, -0.25) is 15.0 Å². The van der Waals surface area contributed by atoms with Crippen LogP contribution in [0.2, 0.25) is 0 Å². The van der Waals surface area contributed by atoms with Crippen LogP contribution in [-0.4, -0.2) is 36.1 Å². The number of nitrogens with one attached hydrogen (secondary N) is 2. The summed E-state index contributed by atoms with van der Waals surface area (Å²) in [7, 11) is 0. The standard InChI is InChI=1S/C21H20N6O/c28-21(17(11-19-22-13-24-26-19)15-7-3-1-4-8-15)18(12-20-23-14-25-27-20)16-9-5-2-6-10-16/h1-10,13-14,17-18H,11-12H2,(H,22,24,26)(H,23,25,27). The molecule has 140 valence electrons. The first-order chi connectivity index (χ1) is 13.8. The maximum atomic E-state index is 13.8. The van der Waals surface area contributed by atoms with Crippen molar-refractivity contribution < 1.29 is 4.79 Å². The maximum Gasteiger partial charge on any atom is 0.148 e. The molecule has 4 rings (SSSR count). The van der Waals surface area contributed by atoms with E-state index in [1.165, 1.54) is 12.7 Å². The Hall–Kier alpha value is -3.61. The van der Waals surface area contributed by atoms with Crippen LogP contribution in [0.25, 0.3) is 0 Å². The van der Waals surface area contributed by atoms with Crippen LogP contribution in [-0.2, 0) is 17.6 Å². The molecule has 2 unspecified atom stereocenters. The van der Waals surface area contributed by atoms with Crippen LogP contribution in [0.15, 0.2) is 73.3 Å². The molecule has 0 amide bonds. The fourth-order valence-corrected chi connectivity index (χ4v) is 3.42. The minimum absolute atomic E-state index is 0.116. The second kappa shape index (κ2) is 8.39. The molecule has 4 aromatic rings. The van der Waals surface area contributed by atoms with Crippen molar-refractivity contribution in [3.63, 3.8) is 0 Å². The fourth-order valence-electron chi connectivity index (χ4n) is 3.42. The molecule has 0 aliphatic carbocycles. The third-order valence-electron chi connectivity index (χ3n) is 4.82. The van der Waals surface area contributed by atoms with Crippen molar-refractivity contribution >= 4 is 5.78 Å². The van der Waals surface area contributed by atoms with E-state index < -0.39 is 0 Å². The minimum atomic E-state index is -0.345. The lowest BCUT2D eigenvalue weighted by Crippen LogP contribution is -2.25. The van der Waals surface area contributed by atoms with Crippen molar-refractivity contribution in [2.45, 2.75) is 24.7 Å². The zero-order valence-corrected chi connectivity index (χ0v) is 15.2. The van der Waals surface area contributed by atoms with Gasteiger partial charge >= 0.3 is 0 Å². The van der Waals surface area contributed by atoms with Gasteiger partial charge in [-0.25, -0.2) is 9.97 Å². The summed E-state index contributed by atoms with van der Waals surface area (Å²) in [5.74, 6) is 0.803. The predicted molar refractivity (Wildman–Crippen MR) is 104 cm³/mol. The second-order valence-electron chi connectivity index (χ2n) is 6.60. The highest BCUT2D eigenvalue weighted by Gasteiger charge is 2.31. The van der Waals surface area contributed by atoms with Gasteiger partial charge in [0.15, 0.2) is 0 Å². The van der Waals surface area contributed by atoms with Gasteiger partial charge in [0.25, 0.3) is 0 Å². The van der Waals surface area contributed by atoms with E-state index in [1.54, 1.807) is 0 Å². The molecule has 0 saturated carbocycles. The Morgan fingerprint density at radius 2 is 1.14 bits per heavy atom. The number of benzene rings is 2. The average molecular weight is 372 g/mol. The highest BCUT2D eigenvalue weighted by molar-refractivity contribution is 5.92. The summed E-state index contributed by atoms with van der Waals surface area (Å²) in [4.78, 5) is 22.2. The first kappa shape index (κ1) is 17.8. The third kappa shape index (κ3) is 4.03. The number of carbonyl (C=O) groups excluding carboxylic acids is 1. The summed E-state index contributed by atoms with van der Waals surface area (Å²) >= 11 is 0. The number of hydrogen-bond donors (Lipinski definition) is 2. The summed E-state index contributed by atoms with van der Waals surface area (Å²) in [6.45, 7) is 0. The number of aromatic amines is 2. The predicted octanol–water partition coefficient (Wildman–Crippen LogP) is 2.84. The molecule has 0 aliphatic rings. The van der Waals surface area contributed by atoms with Gasteiger partial charge in [0.2, 0.25) is 0 Å². The maximum absolute atomic E-state index is 13.8. The highest BCUT2D eigenvalue weighted by atomic mass is 16.1. The van der Waals surface area contributed by atoms with Crippen molar-refractivity contribution in [2.75, 3.05) is 0 Å². The van der Waals surface area contributed by atoms with Crippen LogP contribution >= 0.6 is 0 Å². The zero-order valence-electron chi connectivity index (χ0n) is 15.2. The molecular formula is C21H20N6O. The van der Waals surface area contributed by atoms with E-state index in [2.05, 4.69) is 30.4 Å². The Labute approximate surface area is 162 Å². The SMILES string of the molecule is O=C(C(Cc1ncn[nH]1)c1ccccc1)C(Cc1ncn[nH]1)c1ccccc1. The van der Waals surface area contributed by atoms with E-state index in [1.807, 2.05) is 60.7 Å². The Balaban J connectivity index is 1.70. The van der Waals surface area contributed by atoms with Crippen LogP contribution in [0.1, 0.15) is 34.6 Å².